The van der Waals surface area contributed by atoms with Crippen molar-refractivity contribution in [3.05, 3.63) is 58.7 Å². The molecule has 3 rings (SSSR count). The lowest BCUT2D eigenvalue weighted by molar-refractivity contribution is -0.145. The number of hydrazine groups is 1. The summed E-state index contributed by atoms with van der Waals surface area (Å²) in [5, 5.41) is 22.0. The number of hydrogen-bond acceptors (Lipinski definition) is 6. The molecule has 1 amide bonds. The van der Waals surface area contributed by atoms with Crippen LogP contribution in [-0.4, -0.2) is 54.2 Å². The normalized spacial score (nSPS) is 12.7. The molecule has 8 heteroatoms. The number of nitrogens with zero attached hydrogens (tertiary/aromatic N) is 4. The van der Waals surface area contributed by atoms with Gasteiger partial charge in [0.15, 0.2) is 0 Å². The summed E-state index contributed by atoms with van der Waals surface area (Å²) < 4.78 is 5.27. The van der Waals surface area contributed by atoms with Gasteiger partial charge >= 0.3 is 5.97 Å². The van der Waals surface area contributed by atoms with Gasteiger partial charge < -0.3 is 14.7 Å². The first-order valence-electron chi connectivity index (χ1n) is 9.47. The lowest BCUT2D eigenvalue weighted by Gasteiger charge is -2.31. The minimum Gasteiger partial charge on any atom is -0.497 e. The van der Waals surface area contributed by atoms with Crippen LogP contribution in [0.5, 0.6) is 5.75 Å². The highest BCUT2D eigenvalue weighted by Crippen LogP contribution is 2.28. The van der Waals surface area contributed by atoms with Gasteiger partial charge in [-0.2, -0.15) is 5.26 Å². The van der Waals surface area contributed by atoms with Gasteiger partial charge in [-0.1, -0.05) is 12.1 Å². The third-order valence-electron chi connectivity index (χ3n) is 5.24. The molecule has 0 aliphatic carbocycles. The molecule has 0 atom stereocenters. The van der Waals surface area contributed by atoms with E-state index in [-0.39, 0.29) is 19.0 Å². The van der Waals surface area contributed by atoms with Gasteiger partial charge in [-0.3, -0.25) is 14.6 Å². The lowest BCUT2D eigenvalue weighted by atomic mass is 10.1. The SMILES string of the molecule is COc1ccc2c(c1)CN(N(C)C(=O)CN(CC(=O)O)c1cc(C#N)ccc1C)C2. The van der Waals surface area contributed by atoms with Crippen molar-refractivity contribution in [3.63, 3.8) is 0 Å². The maximum absolute atomic E-state index is 13.0. The monoisotopic (exact) mass is 408 g/mol. The number of methoxy groups -OCH3 is 1. The van der Waals surface area contributed by atoms with Crippen molar-refractivity contribution < 1.29 is 19.4 Å². The molecule has 0 radical (unpaired) electrons. The van der Waals surface area contributed by atoms with Crippen molar-refractivity contribution in [1.82, 2.24) is 10.0 Å². The largest absolute Gasteiger partial charge is 0.497 e. The number of ether oxygens (including phenoxy) is 1. The quantitative estimate of drug-likeness (QED) is 0.750. The zero-order valence-corrected chi connectivity index (χ0v) is 17.3. The van der Waals surface area contributed by atoms with E-state index >= 15 is 0 Å². The minimum absolute atomic E-state index is 0.116. The summed E-state index contributed by atoms with van der Waals surface area (Å²) in [7, 11) is 3.30. The van der Waals surface area contributed by atoms with Crippen LogP contribution in [0.4, 0.5) is 5.69 Å². The van der Waals surface area contributed by atoms with Gasteiger partial charge in [0.1, 0.15) is 12.3 Å². The summed E-state index contributed by atoms with van der Waals surface area (Å²) >= 11 is 0. The number of carbonyl (C=O) groups excluding carboxylic acids is 1. The van der Waals surface area contributed by atoms with Crippen LogP contribution < -0.4 is 9.64 Å². The number of anilines is 1. The molecule has 0 aromatic heterocycles. The number of benzene rings is 2. The van der Waals surface area contributed by atoms with E-state index in [0.29, 0.717) is 24.3 Å². The summed E-state index contributed by atoms with van der Waals surface area (Å²) in [6.07, 6.45) is 0. The number of amides is 1. The number of likely N-dealkylation sites (N-methyl/N-ethyl adjacent to an activating group) is 1. The number of aryl methyl sites for hydroxylation is 1. The van der Waals surface area contributed by atoms with E-state index in [1.165, 1.54) is 9.91 Å². The first kappa shape index (κ1) is 21.1. The van der Waals surface area contributed by atoms with Crippen LogP contribution in [-0.2, 0) is 22.7 Å². The van der Waals surface area contributed by atoms with Crippen molar-refractivity contribution in [2.75, 3.05) is 32.1 Å². The zero-order valence-electron chi connectivity index (χ0n) is 17.3. The van der Waals surface area contributed by atoms with Gasteiger partial charge in [-0.05, 0) is 47.9 Å². The third kappa shape index (κ3) is 4.53. The van der Waals surface area contributed by atoms with Crippen molar-refractivity contribution >= 4 is 17.6 Å². The molecule has 30 heavy (non-hydrogen) atoms. The fourth-order valence-electron chi connectivity index (χ4n) is 3.52. The summed E-state index contributed by atoms with van der Waals surface area (Å²) in [5.41, 5.74) is 3.99. The molecular weight excluding hydrogens is 384 g/mol. The first-order valence-corrected chi connectivity index (χ1v) is 9.47. The van der Waals surface area contributed by atoms with E-state index in [2.05, 4.69) is 6.07 Å². The van der Waals surface area contributed by atoms with E-state index in [0.717, 1.165) is 22.4 Å². The van der Waals surface area contributed by atoms with Crippen molar-refractivity contribution in [2.24, 2.45) is 0 Å². The van der Waals surface area contributed by atoms with Crippen LogP contribution in [0.3, 0.4) is 0 Å². The van der Waals surface area contributed by atoms with Gasteiger partial charge in [0, 0.05) is 25.8 Å². The topological polar surface area (TPSA) is 97.1 Å². The number of hydrogen-bond donors (Lipinski definition) is 1. The third-order valence-corrected chi connectivity index (χ3v) is 5.24. The second-order valence-corrected chi connectivity index (χ2v) is 7.24. The molecule has 1 N–H and O–H groups in total. The molecule has 8 nitrogen and oxygen atoms in total. The van der Waals surface area contributed by atoms with E-state index in [1.54, 1.807) is 32.4 Å². The molecule has 0 unspecified atom stereocenters. The molecule has 0 fully saturated rings. The number of rotatable bonds is 7. The number of carboxylic acids is 1. The first-order chi connectivity index (χ1) is 14.3. The standard InChI is InChI=1S/C22H24N4O4/c1-15-4-5-16(10-23)8-20(15)25(14-22(28)29)13-21(27)24(2)26-11-17-6-7-19(30-3)9-18(17)12-26/h4-9H,11-14H2,1-3H3,(H,28,29). The highest BCUT2D eigenvalue weighted by atomic mass is 16.5. The van der Waals surface area contributed by atoms with Crippen molar-refractivity contribution in [1.29, 1.82) is 5.26 Å². The Hall–Kier alpha value is -3.57. The molecular formula is C22H24N4O4. The second kappa shape index (κ2) is 8.84. The van der Waals surface area contributed by atoms with E-state index in [9.17, 15) is 20.0 Å². The number of fused-ring (bicyclic) bond motifs is 1. The highest BCUT2D eigenvalue weighted by molar-refractivity contribution is 5.84. The number of carboxylic acid groups (broad SMARTS) is 1. The Morgan fingerprint density at radius 1 is 1.17 bits per heavy atom. The Morgan fingerprint density at radius 2 is 1.90 bits per heavy atom. The van der Waals surface area contributed by atoms with Crippen LogP contribution in [0.1, 0.15) is 22.3 Å². The van der Waals surface area contributed by atoms with E-state index in [4.69, 9.17) is 4.74 Å². The molecule has 0 bridgehead atoms. The van der Waals surface area contributed by atoms with Crippen LogP contribution in [0.25, 0.3) is 0 Å². The maximum atomic E-state index is 13.0. The Bertz CT molecular complexity index is 1010. The van der Waals surface area contributed by atoms with Crippen LogP contribution >= 0.6 is 0 Å². The van der Waals surface area contributed by atoms with Gasteiger partial charge in [0.25, 0.3) is 5.91 Å². The highest BCUT2D eigenvalue weighted by Gasteiger charge is 2.27. The minimum atomic E-state index is -1.05. The zero-order chi connectivity index (χ0) is 21.8. The molecule has 2 aromatic carbocycles. The molecule has 1 aliphatic heterocycles. The van der Waals surface area contributed by atoms with E-state index < -0.39 is 5.97 Å². The average Bonchev–Trinajstić information content (AvgIpc) is 3.15. The fraction of sp³-hybridized carbons (Fsp3) is 0.318. The molecule has 0 saturated heterocycles. The average molecular weight is 408 g/mol. The van der Waals surface area contributed by atoms with Crippen LogP contribution in [0.2, 0.25) is 0 Å². The summed E-state index contributed by atoms with van der Waals surface area (Å²) in [6.45, 7) is 2.52. The Morgan fingerprint density at radius 3 is 2.57 bits per heavy atom. The lowest BCUT2D eigenvalue weighted by Crippen LogP contribution is -2.47. The number of aliphatic carboxylic acids is 1. The number of nitriles is 1. The maximum Gasteiger partial charge on any atom is 0.323 e. The van der Waals surface area contributed by atoms with Crippen molar-refractivity contribution in [3.8, 4) is 11.8 Å². The smallest absolute Gasteiger partial charge is 0.323 e. The van der Waals surface area contributed by atoms with Crippen LogP contribution in [0, 0.1) is 18.3 Å². The molecule has 2 aromatic rings. The molecule has 1 aliphatic rings. The van der Waals surface area contributed by atoms with Gasteiger partial charge in [0.05, 0.1) is 25.3 Å². The molecule has 0 spiro atoms. The van der Waals surface area contributed by atoms with Crippen LogP contribution in [0.15, 0.2) is 36.4 Å². The summed E-state index contributed by atoms with van der Waals surface area (Å²) in [4.78, 5) is 25.9. The van der Waals surface area contributed by atoms with Gasteiger partial charge in [0.2, 0.25) is 0 Å². The Labute approximate surface area is 175 Å². The van der Waals surface area contributed by atoms with Crippen molar-refractivity contribution in [2.45, 2.75) is 20.0 Å². The Kier molecular flexibility index (Phi) is 6.23. The number of carbonyl (C=O) groups is 2. The molecule has 156 valence electrons. The predicted molar refractivity (Wildman–Crippen MR) is 111 cm³/mol. The van der Waals surface area contributed by atoms with Gasteiger partial charge in [-0.25, -0.2) is 5.01 Å². The van der Waals surface area contributed by atoms with E-state index in [1.807, 2.05) is 30.1 Å². The predicted octanol–water partition coefficient (Wildman–Crippen LogP) is 2.16. The molecule has 0 saturated carbocycles. The Balaban J connectivity index is 1.76. The fourth-order valence-corrected chi connectivity index (χ4v) is 3.52. The summed E-state index contributed by atoms with van der Waals surface area (Å²) in [5.74, 6) is -0.518. The second-order valence-electron chi connectivity index (χ2n) is 7.24. The summed E-state index contributed by atoms with van der Waals surface area (Å²) in [6, 6.07) is 12.9. The van der Waals surface area contributed by atoms with Gasteiger partial charge in [-0.15, -0.1) is 0 Å². The molecule has 1 heterocycles.